The Bertz CT molecular complexity index is 349. The van der Waals surface area contributed by atoms with Crippen molar-refractivity contribution in [2.75, 3.05) is 12.3 Å². The van der Waals surface area contributed by atoms with E-state index in [1.807, 2.05) is 11.8 Å². The summed E-state index contributed by atoms with van der Waals surface area (Å²) in [4.78, 5) is 1.43. The summed E-state index contributed by atoms with van der Waals surface area (Å²) in [6.45, 7) is 10.0. The van der Waals surface area contributed by atoms with Crippen LogP contribution < -0.4 is 5.32 Å². The first-order valence-corrected chi connectivity index (χ1v) is 8.09. The van der Waals surface area contributed by atoms with Crippen LogP contribution in [-0.4, -0.2) is 18.3 Å². The van der Waals surface area contributed by atoms with Crippen LogP contribution in [-0.2, 0) is 0 Å². The van der Waals surface area contributed by atoms with Gasteiger partial charge >= 0.3 is 0 Å². The molecule has 0 aliphatic rings. The molecule has 1 aromatic carbocycles. The van der Waals surface area contributed by atoms with Crippen LogP contribution in [0.1, 0.15) is 44.2 Å². The highest BCUT2D eigenvalue weighted by molar-refractivity contribution is 7.99. The fourth-order valence-electron chi connectivity index (χ4n) is 2.09. The van der Waals surface area contributed by atoms with Crippen LogP contribution in [0.25, 0.3) is 0 Å². The van der Waals surface area contributed by atoms with Gasteiger partial charge in [0, 0.05) is 16.7 Å². The Kier molecular flexibility index (Phi) is 7.45. The number of benzene rings is 1. The molecule has 1 N–H and O–H groups in total. The third-order valence-electron chi connectivity index (χ3n) is 3.09. The van der Waals surface area contributed by atoms with Crippen LogP contribution >= 0.6 is 11.8 Å². The summed E-state index contributed by atoms with van der Waals surface area (Å²) in [5, 5.41) is 3.65. The maximum absolute atomic E-state index is 3.65. The summed E-state index contributed by atoms with van der Waals surface area (Å²) in [5.41, 5.74) is 2.76. The number of hydrogen-bond acceptors (Lipinski definition) is 2. The molecule has 0 bridgehead atoms. The van der Waals surface area contributed by atoms with E-state index >= 15 is 0 Å². The predicted molar refractivity (Wildman–Crippen MR) is 83.6 cm³/mol. The molecule has 0 amide bonds. The van der Waals surface area contributed by atoms with E-state index in [1.54, 1.807) is 0 Å². The zero-order valence-corrected chi connectivity index (χ0v) is 13.1. The summed E-state index contributed by atoms with van der Waals surface area (Å²) >= 11 is 1.99. The van der Waals surface area contributed by atoms with E-state index in [4.69, 9.17) is 0 Å². The van der Waals surface area contributed by atoms with Gasteiger partial charge in [-0.05, 0) is 44.9 Å². The van der Waals surface area contributed by atoms with Crippen molar-refractivity contribution in [3.05, 3.63) is 29.3 Å². The topological polar surface area (TPSA) is 12.0 Å². The summed E-state index contributed by atoms with van der Waals surface area (Å²) in [6, 6.07) is 7.40. The van der Waals surface area contributed by atoms with Gasteiger partial charge in [0.05, 0.1) is 0 Å². The lowest BCUT2D eigenvalue weighted by Crippen LogP contribution is -2.31. The Morgan fingerprint density at radius 2 is 1.94 bits per heavy atom. The number of nitrogens with one attached hydrogen (secondary N) is 1. The fourth-order valence-corrected chi connectivity index (χ4v) is 3.21. The first-order chi connectivity index (χ1) is 8.67. The molecule has 0 aliphatic carbocycles. The second-order valence-electron chi connectivity index (χ2n) is 5.02. The monoisotopic (exact) mass is 265 g/mol. The normalized spacial score (nSPS) is 12.7. The SMILES string of the molecule is CCCNC(CCC)CSc1ccc(C)cc1C. The van der Waals surface area contributed by atoms with E-state index in [2.05, 4.69) is 51.2 Å². The quantitative estimate of drug-likeness (QED) is 0.691. The van der Waals surface area contributed by atoms with Gasteiger partial charge in [-0.2, -0.15) is 0 Å². The molecule has 102 valence electrons. The highest BCUT2D eigenvalue weighted by atomic mass is 32.2. The van der Waals surface area contributed by atoms with Crippen LogP contribution in [0, 0.1) is 13.8 Å². The standard InChI is InChI=1S/C16H27NS/c1-5-7-15(17-10-6-2)12-18-16-9-8-13(3)11-14(16)4/h8-9,11,15,17H,5-7,10,12H2,1-4H3. The van der Waals surface area contributed by atoms with Gasteiger partial charge in [0.2, 0.25) is 0 Å². The number of aryl methyl sites for hydroxylation is 2. The second kappa shape index (κ2) is 8.60. The molecule has 1 aromatic rings. The molecule has 0 saturated heterocycles. The number of hydrogen-bond donors (Lipinski definition) is 1. The summed E-state index contributed by atoms with van der Waals surface area (Å²) in [6.07, 6.45) is 3.75. The first-order valence-electron chi connectivity index (χ1n) is 7.10. The van der Waals surface area contributed by atoms with E-state index in [-0.39, 0.29) is 0 Å². The first kappa shape index (κ1) is 15.6. The number of thioether (sulfide) groups is 1. The zero-order valence-electron chi connectivity index (χ0n) is 12.3. The smallest absolute Gasteiger partial charge is 0.0161 e. The fraction of sp³-hybridized carbons (Fsp3) is 0.625. The van der Waals surface area contributed by atoms with Crippen molar-refractivity contribution in [1.82, 2.24) is 5.32 Å². The molecule has 1 rings (SSSR count). The molecule has 1 unspecified atom stereocenters. The Hall–Kier alpha value is -0.470. The molecule has 0 saturated carbocycles. The van der Waals surface area contributed by atoms with Crippen LogP contribution in [0.15, 0.2) is 23.1 Å². The van der Waals surface area contributed by atoms with Crippen LogP contribution in [0.2, 0.25) is 0 Å². The molecule has 1 atom stereocenters. The summed E-state index contributed by atoms with van der Waals surface area (Å²) < 4.78 is 0. The number of rotatable bonds is 8. The van der Waals surface area contributed by atoms with E-state index in [1.165, 1.54) is 41.0 Å². The Labute approximate surface area is 117 Å². The van der Waals surface area contributed by atoms with Crippen molar-refractivity contribution >= 4 is 11.8 Å². The predicted octanol–water partition coefficient (Wildman–Crippen LogP) is 4.56. The van der Waals surface area contributed by atoms with Crippen molar-refractivity contribution in [3.8, 4) is 0 Å². The molecule has 0 aromatic heterocycles. The molecule has 0 fully saturated rings. The molecule has 0 aliphatic heterocycles. The molecule has 18 heavy (non-hydrogen) atoms. The maximum atomic E-state index is 3.65. The molecule has 2 heteroatoms. The highest BCUT2D eigenvalue weighted by Gasteiger charge is 2.08. The van der Waals surface area contributed by atoms with Crippen molar-refractivity contribution in [1.29, 1.82) is 0 Å². The Balaban J connectivity index is 2.49. The lowest BCUT2D eigenvalue weighted by molar-refractivity contribution is 0.514. The maximum Gasteiger partial charge on any atom is 0.0161 e. The van der Waals surface area contributed by atoms with Crippen molar-refractivity contribution in [3.63, 3.8) is 0 Å². The largest absolute Gasteiger partial charge is 0.313 e. The van der Waals surface area contributed by atoms with E-state index < -0.39 is 0 Å². The minimum Gasteiger partial charge on any atom is -0.313 e. The van der Waals surface area contributed by atoms with Crippen LogP contribution in [0.4, 0.5) is 0 Å². The van der Waals surface area contributed by atoms with Gasteiger partial charge in [0.15, 0.2) is 0 Å². The zero-order chi connectivity index (χ0) is 13.4. The Morgan fingerprint density at radius 1 is 1.17 bits per heavy atom. The van der Waals surface area contributed by atoms with Gasteiger partial charge in [-0.15, -0.1) is 11.8 Å². The third-order valence-corrected chi connectivity index (χ3v) is 4.43. The van der Waals surface area contributed by atoms with E-state index in [9.17, 15) is 0 Å². The highest BCUT2D eigenvalue weighted by Crippen LogP contribution is 2.24. The van der Waals surface area contributed by atoms with Gasteiger partial charge in [0.25, 0.3) is 0 Å². The molecular formula is C16H27NS. The third kappa shape index (κ3) is 5.45. The molecular weight excluding hydrogens is 238 g/mol. The minimum absolute atomic E-state index is 0.653. The lowest BCUT2D eigenvalue weighted by Gasteiger charge is -2.18. The van der Waals surface area contributed by atoms with Crippen molar-refractivity contribution in [2.45, 2.75) is 57.9 Å². The average Bonchev–Trinajstić information content (AvgIpc) is 2.34. The summed E-state index contributed by atoms with van der Waals surface area (Å²) in [5.74, 6) is 1.18. The minimum atomic E-state index is 0.653. The summed E-state index contributed by atoms with van der Waals surface area (Å²) in [7, 11) is 0. The second-order valence-corrected chi connectivity index (χ2v) is 6.08. The molecule has 0 heterocycles. The van der Waals surface area contributed by atoms with Gasteiger partial charge < -0.3 is 5.32 Å². The average molecular weight is 265 g/mol. The van der Waals surface area contributed by atoms with Crippen molar-refractivity contribution < 1.29 is 0 Å². The molecule has 0 radical (unpaired) electrons. The van der Waals surface area contributed by atoms with Gasteiger partial charge in [-0.1, -0.05) is 38.0 Å². The van der Waals surface area contributed by atoms with Crippen LogP contribution in [0.3, 0.4) is 0 Å². The lowest BCUT2D eigenvalue weighted by atomic mass is 10.2. The van der Waals surface area contributed by atoms with Crippen molar-refractivity contribution in [2.24, 2.45) is 0 Å². The van der Waals surface area contributed by atoms with Crippen LogP contribution in [0.5, 0.6) is 0 Å². The molecule has 0 spiro atoms. The van der Waals surface area contributed by atoms with Gasteiger partial charge in [-0.25, -0.2) is 0 Å². The Morgan fingerprint density at radius 3 is 2.56 bits per heavy atom. The van der Waals surface area contributed by atoms with E-state index in [0.717, 1.165) is 6.54 Å². The molecule has 1 nitrogen and oxygen atoms in total. The van der Waals surface area contributed by atoms with Gasteiger partial charge in [0.1, 0.15) is 0 Å². The van der Waals surface area contributed by atoms with E-state index in [0.29, 0.717) is 6.04 Å². The van der Waals surface area contributed by atoms with Gasteiger partial charge in [-0.3, -0.25) is 0 Å².